The van der Waals surface area contributed by atoms with Crippen molar-refractivity contribution in [3.05, 3.63) is 69.0 Å². The zero-order valence-corrected chi connectivity index (χ0v) is 18.7. The van der Waals surface area contributed by atoms with E-state index in [0.29, 0.717) is 22.5 Å². The zero-order chi connectivity index (χ0) is 21.0. The minimum atomic E-state index is -0.961. The van der Waals surface area contributed by atoms with E-state index in [9.17, 15) is 14.7 Å². The number of aromatic hydroxyl groups is 1. The number of thiocarbonyl (C=S) groups is 1. The predicted octanol–water partition coefficient (Wildman–Crippen LogP) is 5.05. The summed E-state index contributed by atoms with van der Waals surface area (Å²) in [5.41, 5.74) is 1.10. The van der Waals surface area contributed by atoms with E-state index in [-0.39, 0.29) is 16.7 Å². The molecule has 5 nitrogen and oxygen atoms in total. The van der Waals surface area contributed by atoms with Gasteiger partial charge in [-0.15, -0.1) is 0 Å². The van der Waals surface area contributed by atoms with Crippen molar-refractivity contribution in [1.82, 2.24) is 4.90 Å². The molecule has 0 saturated carbocycles. The second-order valence-electron chi connectivity index (χ2n) is 6.24. The van der Waals surface area contributed by atoms with Crippen molar-refractivity contribution >= 4 is 62.2 Å². The van der Waals surface area contributed by atoms with Gasteiger partial charge in [-0.05, 0) is 36.3 Å². The summed E-state index contributed by atoms with van der Waals surface area (Å²) < 4.78 is 6.37. The third kappa shape index (κ3) is 4.88. The van der Waals surface area contributed by atoms with E-state index in [1.54, 1.807) is 42.5 Å². The van der Waals surface area contributed by atoms with Crippen molar-refractivity contribution in [3.8, 4) is 5.75 Å². The molecule has 1 N–H and O–H groups in total. The molecular weight excluding hydrogens is 474 g/mol. The molecule has 150 valence electrons. The Morgan fingerprint density at radius 1 is 1.31 bits per heavy atom. The fourth-order valence-electron chi connectivity index (χ4n) is 2.79. The fourth-order valence-corrected chi connectivity index (χ4v) is 4.47. The highest BCUT2D eigenvalue weighted by Crippen LogP contribution is 2.39. The maximum absolute atomic E-state index is 13.2. The highest BCUT2D eigenvalue weighted by Gasteiger charge is 2.42. The number of hydrogen-bond acceptors (Lipinski definition) is 6. The van der Waals surface area contributed by atoms with Gasteiger partial charge in [0, 0.05) is 10.0 Å². The number of phenols is 1. The predicted molar refractivity (Wildman–Crippen MR) is 121 cm³/mol. The number of ether oxygens (including phenoxy) is 1. The van der Waals surface area contributed by atoms with E-state index in [4.69, 9.17) is 17.0 Å². The van der Waals surface area contributed by atoms with Crippen molar-refractivity contribution in [1.29, 1.82) is 0 Å². The number of thioether (sulfide) groups is 1. The van der Waals surface area contributed by atoms with E-state index < -0.39 is 17.9 Å². The third-order valence-corrected chi connectivity index (χ3v) is 5.97. The molecule has 1 fully saturated rings. The molecule has 2 aromatic rings. The van der Waals surface area contributed by atoms with E-state index in [0.717, 1.165) is 16.2 Å². The topological polar surface area (TPSA) is 66.8 Å². The van der Waals surface area contributed by atoms with Crippen LogP contribution in [0, 0.1) is 0 Å². The Balaban J connectivity index is 1.98. The van der Waals surface area contributed by atoms with Crippen LogP contribution in [-0.4, -0.2) is 32.8 Å². The van der Waals surface area contributed by atoms with Crippen molar-refractivity contribution < 1.29 is 19.4 Å². The molecule has 0 aliphatic carbocycles. The molecule has 1 heterocycles. The number of benzene rings is 2. The summed E-state index contributed by atoms with van der Waals surface area (Å²) in [5.74, 6) is -0.886. The van der Waals surface area contributed by atoms with Gasteiger partial charge in [-0.1, -0.05) is 77.2 Å². The summed E-state index contributed by atoms with van der Waals surface area (Å²) in [4.78, 5) is 27.6. The molecule has 1 atom stereocenters. The van der Waals surface area contributed by atoms with Gasteiger partial charge < -0.3 is 9.84 Å². The Morgan fingerprint density at radius 3 is 2.72 bits per heavy atom. The molecule has 0 bridgehead atoms. The number of carbonyl (C=O) groups excluding carboxylic acids is 2. The summed E-state index contributed by atoms with van der Waals surface area (Å²) in [6, 6.07) is 12.9. The highest BCUT2D eigenvalue weighted by molar-refractivity contribution is 9.10. The van der Waals surface area contributed by atoms with Crippen LogP contribution in [0.5, 0.6) is 5.75 Å². The molecule has 1 amide bonds. The van der Waals surface area contributed by atoms with Crippen molar-refractivity contribution in [2.24, 2.45) is 0 Å². The van der Waals surface area contributed by atoms with E-state index >= 15 is 0 Å². The first-order valence-electron chi connectivity index (χ1n) is 8.89. The van der Waals surface area contributed by atoms with Crippen LogP contribution >= 0.6 is 39.9 Å². The summed E-state index contributed by atoms with van der Waals surface area (Å²) in [6.07, 6.45) is 2.24. The normalized spacial score (nSPS) is 16.3. The van der Waals surface area contributed by atoms with Crippen molar-refractivity contribution in [3.63, 3.8) is 0 Å². The lowest BCUT2D eigenvalue weighted by atomic mass is 10.1. The van der Waals surface area contributed by atoms with Gasteiger partial charge in [-0.2, -0.15) is 0 Å². The molecular formula is C21H18BrNO4S2. The minimum Gasteiger partial charge on any atom is -0.507 e. The lowest BCUT2D eigenvalue weighted by molar-refractivity contribution is -0.151. The molecule has 3 rings (SSSR count). The third-order valence-electron chi connectivity index (χ3n) is 4.14. The lowest BCUT2D eigenvalue weighted by Gasteiger charge is -2.25. The largest absolute Gasteiger partial charge is 0.507 e. The Kier molecular flexibility index (Phi) is 7.10. The smallest absolute Gasteiger partial charge is 0.333 e. The molecule has 1 aliphatic heterocycles. The molecule has 2 aromatic carbocycles. The fraction of sp³-hybridized carbons (Fsp3) is 0.190. The average molecular weight is 492 g/mol. The number of hydrogen-bond donors (Lipinski definition) is 1. The maximum atomic E-state index is 13.2. The first-order valence-corrected chi connectivity index (χ1v) is 10.9. The van der Waals surface area contributed by atoms with Crippen LogP contribution in [0.4, 0.5) is 0 Å². The van der Waals surface area contributed by atoms with Gasteiger partial charge in [0.15, 0.2) is 6.04 Å². The standard InChI is InChI=1S/C21H18BrNO4S2/c1-2-10-27-20(26)18(13-6-4-3-5-7-13)23-19(25)17(29-21(23)28)12-14-11-15(22)8-9-16(14)24/h3-9,11-12,18,24H,2,10H2,1H3/b17-12+. The van der Waals surface area contributed by atoms with Gasteiger partial charge in [0.05, 0.1) is 11.5 Å². The Morgan fingerprint density at radius 2 is 2.03 bits per heavy atom. The number of nitrogens with zero attached hydrogens (tertiary/aromatic N) is 1. The molecule has 0 spiro atoms. The molecule has 1 saturated heterocycles. The van der Waals surface area contributed by atoms with E-state index in [1.807, 2.05) is 13.0 Å². The molecule has 1 aliphatic rings. The van der Waals surface area contributed by atoms with Gasteiger partial charge in [0.1, 0.15) is 10.1 Å². The summed E-state index contributed by atoms with van der Waals surface area (Å²) in [6.45, 7) is 2.16. The SMILES string of the molecule is CCCOC(=O)C(c1ccccc1)N1C(=O)/C(=C\c2cc(Br)ccc2O)SC1=S. The maximum Gasteiger partial charge on any atom is 0.333 e. The van der Waals surface area contributed by atoms with Crippen molar-refractivity contribution in [2.45, 2.75) is 19.4 Å². The molecule has 0 aromatic heterocycles. The van der Waals surface area contributed by atoms with Gasteiger partial charge in [0.25, 0.3) is 5.91 Å². The molecule has 1 unspecified atom stereocenters. The monoisotopic (exact) mass is 491 g/mol. The van der Waals surface area contributed by atoms with Crippen LogP contribution < -0.4 is 0 Å². The van der Waals surface area contributed by atoms with E-state index in [2.05, 4.69) is 15.9 Å². The average Bonchev–Trinajstić information content (AvgIpc) is 2.98. The Hall–Kier alpha value is -2.16. The van der Waals surface area contributed by atoms with Crippen LogP contribution in [-0.2, 0) is 14.3 Å². The number of esters is 1. The second-order valence-corrected chi connectivity index (χ2v) is 8.83. The first-order chi connectivity index (χ1) is 13.9. The first kappa shape index (κ1) is 21.5. The highest BCUT2D eigenvalue weighted by atomic mass is 79.9. The van der Waals surface area contributed by atoms with Crippen molar-refractivity contribution in [2.75, 3.05) is 6.61 Å². The van der Waals surface area contributed by atoms with Gasteiger partial charge in [-0.25, -0.2) is 4.79 Å². The minimum absolute atomic E-state index is 0.0421. The number of carbonyl (C=O) groups is 2. The number of halogens is 1. The van der Waals surface area contributed by atoms with E-state index in [1.165, 1.54) is 11.0 Å². The molecule has 8 heteroatoms. The molecule has 29 heavy (non-hydrogen) atoms. The number of amides is 1. The second kappa shape index (κ2) is 9.56. The van der Waals surface area contributed by atoms with Gasteiger partial charge >= 0.3 is 5.97 Å². The number of phenolic OH excluding ortho intramolecular Hbond substituents is 1. The zero-order valence-electron chi connectivity index (χ0n) is 15.5. The van der Waals surface area contributed by atoms with Crippen LogP contribution in [0.2, 0.25) is 0 Å². The number of rotatable bonds is 6. The van der Waals surface area contributed by atoms with Gasteiger partial charge in [-0.3, -0.25) is 9.69 Å². The Bertz CT molecular complexity index is 978. The van der Waals surface area contributed by atoms with Crippen LogP contribution in [0.3, 0.4) is 0 Å². The Labute approximate surface area is 186 Å². The van der Waals surface area contributed by atoms with Crippen LogP contribution in [0.1, 0.15) is 30.5 Å². The van der Waals surface area contributed by atoms with Gasteiger partial charge in [0.2, 0.25) is 0 Å². The summed E-state index contributed by atoms with van der Waals surface area (Å²) >= 11 is 9.87. The summed E-state index contributed by atoms with van der Waals surface area (Å²) in [7, 11) is 0. The quantitative estimate of drug-likeness (QED) is 0.346. The summed E-state index contributed by atoms with van der Waals surface area (Å²) in [5, 5.41) is 10.1. The molecule has 0 radical (unpaired) electrons. The van der Waals surface area contributed by atoms with Crippen LogP contribution in [0.25, 0.3) is 6.08 Å². The lowest BCUT2D eigenvalue weighted by Crippen LogP contribution is -2.38. The van der Waals surface area contributed by atoms with Crippen LogP contribution in [0.15, 0.2) is 57.9 Å².